The van der Waals surface area contributed by atoms with Gasteiger partial charge in [0, 0.05) is 24.7 Å². The molecule has 0 aliphatic heterocycles. The number of hydrogen-bond donors (Lipinski definition) is 2. The molecule has 0 aliphatic rings. The van der Waals surface area contributed by atoms with E-state index in [1.807, 2.05) is 23.7 Å². The first kappa shape index (κ1) is 20.6. The fraction of sp³-hybridized carbons (Fsp3) is 0.409. The van der Waals surface area contributed by atoms with Crippen LogP contribution in [-0.4, -0.2) is 27.8 Å². The van der Waals surface area contributed by atoms with E-state index in [0.29, 0.717) is 24.9 Å². The highest BCUT2D eigenvalue weighted by molar-refractivity contribution is 5.79. The fourth-order valence-corrected chi connectivity index (χ4v) is 3.04. The standard InChI is InChI=1S/C22H30N6O/c1-15-11-16(2)28(27-15)18-10-8-7-9-17(18)12-25-21(23-6)26-14-20-24-13-19(29-20)22(3,4)5/h7-11,13H,12,14H2,1-6H3,(H2,23,25,26). The quantitative estimate of drug-likeness (QED) is 0.510. The number of oxazole rings is 1. The monoisotopic (exact) mass is 394 g/mol. The Morgan fingerprint density at radius 2 is 1.86 bits per heavy atom. The van der Waals surface area contributed by atoms with Crippen LogP contribution >= 0.6 is 0 Å². The number of hydrogen-bond acceptors (Lipinski definition) is 4. The third kappa shape index (κ3) is 5.04. The van der Waals surface area contributed by atoms with Gasteiger partial charge >= 0.3 is 0 Å². The highest BCUT2D eigenvalue weighted by atomic mass is 16.4. The van der Waals surface area contributed by atoms with Gasteiger partial charge in [0.2, 0.25) is 5.89 Å². The molecule has 2 aromatic heterocycles. The summed E-state index contributed by atoms with van der Waals surface area (Å²) in [5, 5.41) is 11.2. The van der Waals surface area contributed by atoms with Crippen molar-refractivity contribution >= 4 is 5.96 Å². The summed E-state index contributed by atoms with van der Waals surface area (Å²) >= 11 is 0. The van der Waals surface area contributed by atoms with Gasteiger partial charge in [0.05, 0.1) is 24.1 Å². The van der Waals surface area contributed by atoms with Crippen LogP contribution in [0.1, 0.15) is 49.4 Å². The van der Waals surface area contributed by atoms with E-state index in [4.69, 9.17) is 4.42 Å². The Balaban J connectivity index is 1.65. The van der Waals surface area contributed by atoms with E-state index in [1.165, 1.54) is 0 Å². The maximum absolute atomic E-state index is 5.83. The number of rotatable bonds is 5. The second-order valence-electron chi connectivity index (χ2n) is 8.12. The molecule has 3 rings (SSSR count). The number of aromatic nitrogens is 3. The van der Waals surface area contributed by atoms with Crippen LogP contribution in [0.25, 0.3) is 5.69 Å². The zero-order valence-electron chi connectivity index (χ0n) is 18.1. The number of nitrogens with one attached hydrogen (secondary N) is 2. The van der Waals surface area contributed by atoms with Gasteiger partial charge in [0.25, 0.3) is 0 Å². The van der Waals surface area contributed by atoms with Gasteiger partial charge in [-0.1, -0.05) is 39.0 Å². The Morgan fingerprint density at radius 3 is 2.48 bits per heavy atom. The van der Waals surface area contributed by atoms with Crippen molar-refractivity contribution < 1.29 is 4.42 Å². The summed E-state index contributed by atoms with van der Waals surface area (Å²) in [5.41, 5.74) is 4.24. The van der Waals surface area contributed by atoms with Crippen molar-refractivity contribution in [3.8, 4) is 5.69 Å². The number of guanidine groups is 1. The summed E-state index contributed by atoms with van der Waals surface area (Å²) in [5.74, 6) is 2.20. The summed E-state index contributed by atoms with van der Waals surface area (Å²) in [7, 11) is 1.75. The van der Waals surface area contributed by atoms with Gasteiger partial charge in [0.1, 0.15) is 5.76 Å². The lowest BCUT2D eigenvalue weighted by molar-refractivity contribution is 0.379. The lowest BCUT2D eigenvalue weighted by Crippen LogP contribution is -2.36. The first-order valence-electron chi connectivity index (χ1n) is 9.79. The van der Waals surface area contributed by atoms with Gasteiger partial charge in [0.15, 0.2) is 5.96 Å². The average Bonchev–Trinajstić information content (AvgIpc) is 3.28. The van der Waals surface area contributed by atoms with Crippen molar-refractivity contribution in [3.05, 3.63) is 65.1 Å². The van der Waals surface area contributed by atoms with Crippen molar-refractivity contribution in [2.24, 2.45) is 4.99 Å². The van der Waals surface area contributed by atoms with E-state index >= 15 is 0 Å². The summed E-state index contributed by atoms with van der Waals surface area (Å²) in [4.78, 5) is 8.65. The van der Waals surface area contributed by atoms with Crippen LogP contribution in [0.15, 0.2) is 45.9 Å². The van der Waals surface area contributed by atoms with Crippen molar-refractivity contribution in [2.75, 3.05) is 7.05 Å². The molecule has 0 saturated heterocycles. The number of benzene rings is 1. The number of aliphatic imine (C=N–C) groups is 1. The largest absolute Gasteiger partial charge is 0.443 e. The van der Waals surface area contributed by atoms with E-state index in [9.17, 15) is 0 Å². The lowest BCUT2D eigenvalue weighted by Gasteiger charge is -2.15. The molecule has 2 N–H and O–H groups in total. The SMILES string of the molecule is CN=C(NCc1ncc(C(C)(C)C)o1)NCc1ccccc1-n1nc(C)cc1C. The predicted octanol–water partition coefficient (Wildman–Crippen LogP) is 3.64. The molecule has 0 aliphatic carbocycles. The van der Waals surface area contributed by atoms with Crippen LogP contribution in [0.4, 0.5) is 0 Å². The highest BCUT2D eigenvalue weighted by Crippen LogP contribution is 2.22. The molecule has 0 fully saturated rings. The van der Waals surface area contributed by atoms with Gasteiger partial charge in [-0.15, -0.1) is 0 Å². The van der Waals surface area contributed by atoms with Crippen LogP contribution in [-0.2, 0) is 18.5 Å². The number of para-hydroxylation sites is 1. The Labute approximate surface area is 172 Å². The average molecular weight is 395 g/mol. The molecule has 1 aromatic carbocycles. The molecule has 0 saturated carbocycles. The lowest BCUT2D eigenvalue weighted by atomic mass is 9.94. The molecule has 3 aromatic rings. The summed E-state index contributed by atoms with van der Waals surface area (Å²) in [6, 6.07) is 10.3. The Hall–Kier alpha value is -3.09. The minimum atomic E-state index is -0.0577. The number of aryl methyl sites for hydroxylation is 2. The van der Waals surface area contributed by atoms with Crippen molar-refractivity contribution in [2.45, 2.75) is 53.1 Å². The van der Waals surface area contributed by atoms with Gasteiger partial charge in [-0.25, -0.2) is 9.67 Å². The molecule has 2 heterocycles. The molecular weight excluding hydrogens is 364 g/mol. The maximum atomic E-state index is 5.83. The van der Waals surface area contributed by atoms with Gasteiger partial charge in [-0.2, -0.15) is 5.10 Å². The van der Waals surface area contributed by atoms with Crippen LogP contribution in [0.3, 0.4) is 0 Å². The second-order valence-corrected chi connectivity index (χ2v) is 8.12. The van der Waals surface area contributed by atoms with Gasteiger partial charge in [-0.05, 0) is 31.5 Å². The van der Waals surface area contributed by atoms with Crippen LogP contribution in [0, 0.1) is 13.8 Å². The van der Waals surface area contributed by atoms with E-state index in [0.717, 1.165) is 28.4 Å². The Bertz CT molecular complexity index is 993. The van der Waals surface area contributed by atoms with Crippen molar-refractivity contribution in [3.63, 3.8) is 0 Å². The molecule has 0 bridgehead atoms. The van der Waals surface area contributed by atoms with Gasteiger partial charge in [-0.3, -0.25) is 4.99 Å². The van der Waals surface area contributed by atoms with Crippen LogP contribution < -0.4 is 10.6 Å². The predicted molar refractivity (Wildman–Crippen MR) is 115 cm³/mol. The van der Waals surface area contributed by atoms with Crippen molar-refractivity contribution in [1.82, 2.24) is 25.4 Å². The molecule has 7 nitrogen and oxygen atoms in total. The third-order valence-corrected chi connectivity index (χ3v) is 4.60. The molecule has 154 valence electrons. The van der Waals surface area contributed by atoms with E-state index in [1.54, 1.807) is 13.2 Å². The normalized spacial score (nSPS) is 12.3. The molecule has 0 unspecified atom stereocenters. The van der Waals surface area contributed by atoms with E-state index in [-0.39, 0.29) is 5.41 Å². The molecule has 29 heavy (non-hydrogen) atoms. The zero-order valence-corrected chi connectivity index (χ0v) is 18.1. The third-order valence-electron chi connectivity index (χ3n) is 4.60. The summed E-state index contributed by atoms with van der Waals surface area (Å²) in [6.07, 6.45) is 1.79. The minimum Gasteiger partial charge on any atom is -0.443 e. The summed E-state index contributed by atoms with van der Waals surface area (Å²) < 4.78 is 7.81. The first-order valence-corrected chi connectivity index (χ1v) is 9.79. The molecule has 0 spiro atoms. The molecule has 7 heteroatoms. The Kier molecular flexibility index (Phi) is 6.06. The molecule has 0 radical (unpaired) electrons. The topological polar surface area (TPSA) is 80.3 Å². The van der Waals surface area contributed by atoms with Crippen LogP contribution in [0.2, 0.25) is 0 Å². The zero-order chi connectivity index (χ0) is 21.0. The fourth-order valence-electron chi connectivity index (χ4n) is 3.04. The number of nitrogens with zero attached hydrogens (tertiary/aromatic N) is 4. The van der Waals surface area contributed by atoms with E-state index < -0.39 is 0 Å². The van der Waals surface area contributed by atoms with Gasteiger partial charge < -0.3 is 15.1 Å². The maximum Gasteiger partial charge on any atom is 0.213 e. The highest BCUT2D eigenvalue weighted by Gasteiger charge is 2.19. The Morgan fingerprint density at radius 1 is 1.14 bits per heavy atom. The molecule has 0 atom stereocenters. The first-order chi connectivity index (χ1) is 13.8. The summed E-state index contributed by atoms with van der Waals surface area (Å²) in [6.45, 7) is 11.5. The molecular formula is C22H30N6O. The second kappa shape index (κ2) is 8.51. The minimum absolute atomic E-state index is 0.0577. The van der Waals surface area contributed by atoms with Crippen molar-refractivity contribution in [1.29, 1.82) is 0 Å². The molecule has 0 amide bonds. The van der Waals surface area contributed by atoms with Crippen LogP contribution in [0.5, 0.6) is 0 Å². The van der Waals surface area contributed by atoms with E-state index in [2.05, 4.69) is 71.6 Å². The smallest absolute Gasteiger partial charge is 0.213 e.